The van der Waals surface area contributed by atoms with Crippen LogP contribution in [0.3, 0.4) is 0 Å². The number of ether oxygens (including phenoxy) is 1. The molecule has 0 saturated carbocycles. The third kappa shape index (κ3) is 6.17. The first-order valence-electron chi connectivity index (χ1n) is 9.92. The number of aromatic nitrogens is 3. The van der Waals surface area contributed by atoms with Crippen LogP contribution in [0.15, 0.2) is 66.3 Å². The van der Waals surface area contributed by atoms with Gasteiger partial charge in [-0.2, -0.15) is 0 Å². The fourth-order valence-corrected chi connectivity index (χ4v) is 3.61. The molecule has 1 amide bonds. The van der Waals surface area contributed by atoms with Crippen LogP contribution >= 0.6 is 11.8 Å². The van der Waals surface area contributed by atoms with Crippen molar-refractivity contribution in [1.29, 1.82) is 0 Å². The second-order valence-corrected chi connectivity index (χ2v) is 7.67. The highest BCUT2D eigenvalue weighted by atomic mass is 32.2. The maximum absolute atomic E-state index is 12.3. The van der Waals surface area contributed by atoms with E-state index < -0.39 is 4.92 Å². The normalized spacial score (nSPS) is 10.5. The van der Waals surface area contributed by atoms with E-state index in [0.29, 0.717) is 23.2 Å². The van der Waals surface area contributed by atoms with Crippen LogP contribution in [-0.2, 0) is 24.4 Å². The van der Waals surface area contributed by atoms with Gasteiger partial charge in [-0.25, -0.2) is 0 Å². The van der Waals surface area contributed by atoms with Crippen molar-refractivity contribution in [2.75, 3.05) is 11.1 Å². The summed E-state index contributed by atoms with van der Waals surface area (Å²) in [5.74, 6) is 1.11. The maximum Gasteiger partial charge on any atom is 0.271 e. The number of nitro groups is 1. The molecular weight excluding hydrogens is 430 g/mol. The highest BCUT2D eigenvalue weighted by molar-refractivity contribution is 7.99. The van der Waals surface area contributed by atoms with Crippen LogP contribution in [0.5, 0.6) is 5.75 Å². The molecule has 0 fully saturated rings. The van der Waals surface area contributed by atoms with Gasteiger partial charge in [0.2, 0.25) is 5.91 Å². The van der Waals surface area contributed by atoms with E-state index in [1.54, 1.807) is 12.1 Å². The number of hydrogen-bond donors (Lipinski definition) is 1. The topological polar surface area (TPSA) is 112 Å². The summed E-state index contributed by atoms with van der Waals surface area (Å²) in [6.07, 6.45) is 2.68. The van der Waals surface area contributed by atoms with Gasteiger partial charge in [-0.15, -0.1) is 16.8 Å². The van der Waals surface area contributed by atoms with Crippen molar-refractivity contribution in [1.82, 2.24) is 14.8 Å². The average Bonchev–Trinajstić information content (AvgIpc) is 3.18. The molecule has 2 aromatic carbocycles. The number of nitro benzene ring substituents is 1. The number of thioether (sulfide) groups is 1. The Bertz CT molecular complexity index is 1100. The highest BCUT2D eigenvalue weighted by Gasteiger charge is 2.15. The minimum atomic E-state index is -0.510. The van der Waals surface area contributed by atoms with E-state index in [2.05, 4.69) is 29.0 Å². The second-order valence-electron chi connectivity index (χ2n) is 6.73. The molecule has 32 heavy (non-hydrogen) atoms. The van der Waals surface area contributed by atoms with Crippen molar-refractivity contribution in [3.8, 4) is 5.75 Å². The number of carbonyl (C=O) groups excluding carboxylic acids is 1. The molecule has 1 aromatic heterocycles. The Hall–Kier alpha value is -3.66. The van der Waals surface area contributed by atoms with E-state index in [0.717, 1.165) is 12.2 Å². The molecule has 0 saturated heterocycles. The molecular formula is C22H23N5O4S. The maximum atomic E-state index is 12.3. The zero-order chi connectivity index (χ0) is 22.9. The van der Waals surface area contributed by atoms with Crippen LogP contribution in [0.25, 0.3) is 0 Å². The van der Waals surface area contributed by atoms with Gasteiger partial charge in [0.25, 0.3) is 5.69 Å². The van der Waals surface area contributed by atoms with Gasteiger partial charge in [-0.1, -0.05) is 43.0 Å². The smallest absolute Gasteiger partial charge is 0.271 e. The van der Waals surface area contributed by atoms with E-state index in [4.69, 9.17) is 4.74 Å². The van der Waals surface area contributed by atoms with E-state index in [1.165, 1.54) is 35.5 Å². The summed E-state index contributed by atoms with van der Waals surface area (Å²) in [7, 11) is 0. The van der Waals surface area contributed by atoms with Crippen LogP contribution in [0.2, 0.25) is 0 Å². The molecule has 0 aliphatic rings. The summed E-state index contributed by atoms with van der Waals surface area (Å²) in [5, 5.41) is 22.4. The molecule has 1 heterocycles. The van der Waals surface area contributed by atoms with Crippen LogP contribution in [-0.4, -0.2) is 31.3 Å². The minimum absolute atomic E-state index is 0.0668. The van der Waals surface area contributed by atoms with Gasteiger partial charge >= 0.3 is 0 Å². The van der Waals surface area contributed by atoms with Gasteiger partial charge < -0.3 is 10.1 Å². The first kappa shape index (κ1) is 23.0. The summed E-state index contributed by atoms with van der Waals surface area (Å²) < 4.78 is 7.66. The Balaban J connectivity index is 1.60. The first-order valence-corrected chi connectivity index (χ1v) is 10.9. The lowest BCUT2D eigenvalue weighted by molar-refractivity contribution is -0.384. The van der Waals surface area contributed by atoms with E-state index in [1.807, 2.05) is 28.8 Å². The Kier molecular flexibility index (Phi) is 7.98. The first-order chi connectivity index (χ1) is 15.5. The predicted molar refractivity (Wildman–Crippen MR) is 123 cm³/mol. The SMILES string of the molecule is C=CCn1c(COc2ccc(CC)cc2)nnc1SCC(=O)Nc1cccc([N+](=O)[O-])c1. The average molecular weight is 454 g/mol. The Morgan fingerprint density at radius 3 is 2.75 bits per heavy atom. The summed E-state index contributed by atoms with van der Waals surface area (Å²) in [6, 6.07) is 13.7. The van der Waals surface area contributed by atoms with Crippen molar-refractivity contribution in [2.45, 2.75) is 31.7 Å². The van der Waals surface area contributed by atoms with E-state index in [-0.39, 0.29) is 24.0 Å². The molecule has 0 bridgehead atoms. The number of nitrogens with one attached hydrogen (secondary N) is 1. The second kappa shape index (κ2) is 11.1. The molecule has 0 aliphatic carbocycles. The molecule has 0 radical (unpaired) electrons. The lowest BCUT2D eigenvalue weighted by atomic mass is 10.2. The number of non-ortho nitro benzene ring substituents is 1. The number of rotatable bonds is 11. The molecule has 0 unspecified atom stereocenters. The molecule has 3 rings (SSSR count). The standard InChI is InChI=1S/C22H23N5O4S/c1-3-12-26-20(14-31-19-10-8-16(4-2)9-11-19)24-25-22(26)32-15-21(28)23-17-6-5-7-18(13-17)27(29)30/h3,5-11,13H,1,4,12,14-15H2,2H3,(H,23,28). The number of allylic oxidation sites excluding steroid dienone is 1. The van der Waals surface area contributed by atoms with Gasteiger partial charge in [-0.05, 0) is 30.2 Å². The summed E-state index contributed by atoms with van der Waals surface area (Å²) in [6.45, 7) is 6.56. The highest BCUT2D eigenvalue weighted by Crippen LogP contribution is 2.21. The lowest BCUT2D eigenvalue weighted by Gasteiger charge is -2.10. The Labute approximate surface area is 189 Å². The number of hydrogen-bond acceptors (Lipinski definition) is 7. The number of anilines is 1. The molecule has 0 aliphatic heterocycles. The van der Waals surface area contributed by atoms with Crippen molar-refractivity contribution in [2.24, 2.45) is 0 Å². The van der Waals surface area contributed by atoms with Crippen LogP contribution in [0, 0.1) is 10.1 Å². The zero-order valence-electron chi connectivity index (χ0n) is 17.6. The largest absolute Gasteiger partial charge is 0.486 e. The third-order valence-corrected chi connectivity index (χ3v) is 5.44. The fourth-order valence-electron chi connectivity index (χ4n) is 2.84. The fraction of sp³-hybridized carbons (Fsp3) is 0.227. The number of benzene rings is 2. The predicted octanol–water partition coefficient (Wildman–Crippen LogP) is 4.24. The molecule has 166 valence electrons. The number of nitrogens with zero attached hydrogens (tertiary/aromatic N) is 4. The van der Waals surface area contributed by atoms with E-state index >= 15 is 0 Å². The van der Waals surface area contributed by atoms with E-state index in [9.17, 15) is 14.9 Å². The third-order valence-electron chi connectivity index (χ3n) is 4.48. The molecule has 3 aromatic rings. The lowest BCUT2D eigenvalue weighted by Crippen LogP contribution is -2.15. The van der Waals surface area contributed by atoms with Gasteiger partial charge in [0.1, 0.15) is 12.4 Å². The minimum Gasteiger partial charge on any atom is -0.486 e. The zero-order valence-corrected chi connectivity index (χ0v) is 18.4. The molecule has 0 spiro atoms. The van der Waals surface area contributed by atoms with Crippen molar-refractivity contribution >= 4 is 29.0 Å². The number of carbonyl (C=O) groups is 1. The van der Waals surface area contributed by atoms with Gasteiger partial charge in [0.15, 0.2) is 11.0 Å². The summed E-state index contributed by atoms with van der Waals surface area (Å²) >= 11 is 1.21. The molecule has 9 nitrogen and oxygen atoms in total. The van der Waals surface area contributed by atoms with Gasteiger partial charge in [0.05, 0.1) is 10.7 Å². The summed E-state index contributed by atoms with van der Waals surface area (Å²) in [4.78, 5) is 22.7. The molecule has 10 heteroatoms. The van der Waals surface area contributed by atoms with Crippen LogP contribution in [0.4, 0.5) is 11.4 Å². The van der Waals surface area contributed by atoms with Crippen LogP contribution in [0.1, 0.15) is 18.3 Å². The van der Waals surface area contributed by atoms with Crippen molar-refractivity contribution in [3.63, 3.8) is 0 Å². The van der Waals surface area contributed by atoms with Gasteiger partial charge in [0, 0.05) is 24.4 Å². The Morgan fingerprint density at radius 1 is 1.28 bits per heavy atom. The monoisotopic (exact) mass is 453 g/mol. The van der Waals surface area contributed by atoms with Crippen molar-refractivity contribution < 1.29 is 14.5 Å². The quantitative estimate of drug-likeness (QED) is 0.200. The summed E-state index contributed by atoms with van der Waals surface area (Å²) in [5.41, 5.74) is 1.50. The molecule has 0 atom stereocenters. The molecule has 1 N–H and O–H groups in total. The van der Waals surface area contributed by atoms with Crippen molar-refractivity contribution in [3.05, 3.63) is 82.7 Å². The van der Waals surface area contributed by atoms with Crippen LogP contribution < -0.4 is 10.1 Å². The number of amides is 1. The number of aryl methyl sites for hydroxylation is 1. The Morgan fingerprint density at radius 2 is 2.06 bits per heavy atom. The van der Waals surface area contributed by atoms with Gasteiger partial charge in [-0.3, -0.25) is 19.5 Å².